The summed E-state index contributed by atoms with van der Waals surface area (Å²) in [5.41, 5.74) is 1.65. The molecule has 0 aromatic carbocycles. The molecule has 0 aliphatic carbocycles. The Morgan fingerprint density at radius 3 is 2.38 bits per heavy atom. The number of hydrogen-bond donors (Lipinski definition) is 0. The lowest BCUT2D eigenvalue weighted by molar-refractivity contribution is -0.138. The highest BCUT2D eigenvalue weighted by Gasteiger charge is 2.10. The van der Waals surface area contributed by atoms with Gasteiger partial charge in [-0.3, -0.25) is 0 Å². The van der Waals surface area contributed by atoms with Gasteiger partial charge >= 0.3 is 5.97 Å². The molecular formula is C11H16O2. The van der Waals surface area contributed by atoms with Crippen molar-refractivity contribution in [2.45, 2.75) is 34.1 Å². The fourth-order valence-electron chi connectivity index (χ4n) is 0.848. The van der Waals surface area contributed by atoms with Gasteiger partial charge in [-0.15, -0.1) is 5.92 Å². The van der Waals surface area contributed by atoms with Crippen LogP contribution in [0.2, 0.25) is 0 Å². The number of carbonyl (C=O) groups excluding carboxylic acids is 1. The third-order valence-corrected chi connectivity index (χ3v) is 1.57. The maximum absolute atomic E-state index is 11.3. The van der Waals surface area contributed by atoms with E-state index < -0.39 is 0 Å². The molecular weight excluding hydrogens is 164 g/mol. The van der Waals surface area contributed by atoms with Gasteiger partial charge in [-0.1, -0.05) is 11.5 Å². The predicted molar refractivity (Wildman–Crippen MR) is 53.1 cm³/mol. The van der Waals surface area contributed by atoms with Crippen LogP contribution in [0.15, 0.2) is 11.1 Å². The van der Waals surface area contributed by atoms with Crippen molar-refractivity contribution in [3.05, 3.63) is 11.1 Å². The Morgan fingerprint density at radius 1 is 1.38 bits per heavy atom. The fourth-order valence-corrected chi connectivity index (χ4v) is 0.848. The third-order valence-electron chi connectivity index (χ3n) is 1.57. The van der Waals surface area contributed by atoms with Gasteiger partial charge in [-0.2, -0.15) is 0 Å². The van der Waals surface area contributed by atoms with Crippen LogP contribution in [0, 0.1) is 11.8 Å². The Kier molecular flexibility index (Phi) is 5.71. The Labute approximate surface area is 80.0 Å². The average Bonchev–Trinajstić information content (AvgIpc) is 2.05. The summed E-state index contributed by atoms with van der Waals surface area (Å²) in [5, 5.41) is 0. The smallest absolute Gasteiger partial charge is 0.334 e. The maximum Gasteiger partial charge on any atom is 0.334 e. The summed E-state index contributed by atoms with van der Waals surface area (Å²) >= 11 is 0. The zero-order chi connectivity index (χ0) is 10.3. The predicted octanol–water partition coefficient (Wildman–Crippen LogP) is 2.30. The van der Waals surface area contributed by atoms with Gasteiger partial charge in [0.05, 0.1) is 6.61 Å². The summed E-state index contributed by atoms with van der Waals surface area (Å²) in [5.74, 6) is 5.37. The number of hydrogen-bond acceptors (Lipinski definition) is 2. The first-order chi connectivity index (χ1) is 6.13. The van der Waals surface area contributed by atoms with E-state index in [1.54, 1.807) is 13.8 Å². The van der Waals surface area contributed by atoms with Crippen LogP contribution in [0.1, 0.15) is 34.1 Å². The molecule has 0 aromatic rings. The van der Waals surface area contributed by atoms with Crippen molar-refractivity contribution in [2.75, 3.05) is 6.61 Å². The summed E-state index contributed by atoms with van der Waals surface area (Å²) in [6.07, 6.45) is 0.484. The van der Waals surface area contributed by atoms with Gasteiger partial charge in [0.2, 0.25) is 0 Å². The van der Waals surface area contributed by atoms with Crippen LogP contribution in [-0.2, 0) is 9.53 Å². The molecule has 0 N–H and O–H groups in total. The van der Waals surface area contributed by atoms with Gasteiger partial charge in [-0.25, -0.2) is 4.79 Å². The van der Waals surface area contributed by atoms with Gasteiger partial charge in [0.25, 0.3) is 0 Å². The van der Waals surface area contributed by atoms with Gasteiger partial charge in [0, 0.05) is 12.0 Å². The van der Waals surface area contributed by atoms with Gasteiger partial charge in [0.15, 0.2) is 0 Å². The summed E-state index contributed by atoms with van der Waals surface area (Å²) in [4.78, 5) is 11.3. The van der Waals surface area contributed by atoms with Crippen molar-refractivity contribution in [3.8, 4) is 11.8 Å². The quantitative estimate of drug-likeness (QED) is 0.378. The van der Waals surface area contributed by atoms with Crippen molar-refractivity contribution >= 4 is 5.97 Å². The molecule has 0 heterocycles. The fraction of sp³-hybridized carbons (Fsp3) is 0.545. The summed E-state index contributed by atoms with van der Waals surface area (Å²) in [6, 6.07) is 0. The molecule has 0 aliphatic heterocycles. The molecule has 0 fully saturated rings. The van der Waals surface area contributed by atoms with E-state index in [0.29, 0.717) is 18.6 Å². The van der Waals surface area contributed by atoms with Crippen LogP contribution in [-0.4, -0.2) is 12.6 Å². The molecule has 0 aromatic heterocycles. The molecule has 0 spiro atoms. The van der Waals surface area contributed by atoms with Crippen LogP contribution >= 0.6 is 0 Å². The van der Waals surface area contributed by atoms with E-state index in [4.69, 9.17) is 4.74 Å². The normalized spacial score (nSPS) is 8.31. The van der Waals surface area contributed by atoms with E-state index in [2.05, 4.69) is 11.8 Å². The van der Waals surface area contributed by atoms with Crippen molar-refractivity contribution in [1.82, 2.24) is 0 Å². The zero-order valence-electron chi connectivity index (χ0n) is 8.73. The van der Waals surface area contributed by atoms with Crippen molar-refractivity contribution in [2.24, 2.45) is 0 Å². The Bertz CT molecular complexity index is 260. The second-order valence-electron chi connectivity index (χ2n) is 2.80. The number of rotatable bonds is 3. The van der Waals surface area contributed by atoms with Crippen LogP contribution in [0.4, 0.5) is 0 Å². The lowest BCUT2D eigenvalue weighted by Crippen LogP contribution is -2.08. The summed E-state index contributed by atoms with van der Waals surface area (Å²) in [6.45, 7) is 7.75. The highest BCUT2D eigenvalue weighted by Crippen LogP contribution is 2.09. The minimum atomic E-state index is -0.245. The van der Waals surface area contributed by atoms with Crippen LogP contribution in [0.5, 0.6) is 0 Å². The van der Waals surface area contributed by atoms with E-state index in [1.165, 1.54) is 0 Å². The molecule has 0 bridgehead atoms. The van der Waals surface area contributed by atoms with Crippen LogP contribution in [0.3, 0.4) is 0 Å². The number of esters is 1. The molecule has 0 rings (SSSR count). The summed E-state index contributed by atoms with van der Waals surface area (Å²) in [7, 11) is 0. The highest BCUT2D eigenvalue weighted by atomic mass is 16.5. The second kappa shape index (κ2) is 6.30. The third kappa shape index (κ3) is 4.37. The molecule has 13 heavy (non-hydrogen) atoms. The minimum absolute atomic E-state index is 0.245. The monoisotopic (exact) mass is 180 g/mol. The van der Waals surface area contributed by atoms with E-state index in [9.17, 15) is 4.79 Å². The molecule has 0 saturated heterocycles. The first-order valence-electron chi connectivity index (χ1n) is 4.36. The molecule has 0 radical (unpaired) electrons. The molecule has 0 saturated carbocycles. The standard InChI is InChI=1S/C11H16O2/c1-5-7-8-10(9(3)4)11(12)13-6-2/h6,8H2,1-4H3. The maximum atomic E-state index is 11.3. The second-order valence-corrected chi connectivity index (χ2v) is 2.80. The molecule has 0 aliphatic rings. The Balaban J connectivity index is 4.51. The number of carbonyl (C=O) groups is 1. The van der Waals surface area contributed by atoms with Crippen molar-refractivity contribution < 1.29 is 9.53 Å². The summed E-state index contributed by atoms with van der Waals surface area (Å²) < 4.78 is 4.90. The minimum Gasteiger partial charge on any atom is -0.463 e. The van der Waals surface area contributed by atoms with Gasteiger partial charge in [-0.05, 0) is 27.7 Å². The van der Waals surface area contributed by atoms with Gasteiger partial charge in [0.1, 0.15) is 0 Å². The van der Waals surface area contributed by atoms with E-state index in [-0.39, 0.29) is 5.97 Å². The van der Waals surface area contributed by atoms with Crippen LogP contribution in [0.25, 0.3) is 0 Å². The number of allylic oxidation sites excluding steroid dienone is 1. The average molecular weight is 180 g/mol. The van der Waals surface area contributed by atoms with Gasteiger partial charge < -0.3 is 4.74 Å². The Hall–Kier alpha value is -1.23. The lowest BCUT2D eigenvalue weighted by atomic mass is 10.1. The van der Waals surface area contributed by atoms with Crippen molar-refractivity contribution in [3.63, 3.8) is 0 Å². The lowest BCUT2D eigenvalue weighted by Gasteiger charge is -2.05. The van der Waals surface area contributed by atoms with E-state index in [0.717, 1.165) is 5.57 Å². The molecule has 2 heteroatoms. The molecule has 72 valence electrons. The highest BCUT2D eigenvalue weighted by molar-refractivity contribution is 5.89. The SMILES string of the molecule is CC#CCC(C(=O)OCC)=C(C)C. The first kappa shape index (κ1) is 11.8. The first-order valence-corrected chi connectivity index (χ1v) is 4.36. The topological polar surface area (TPSA) is 26.3 Å². The molecule has 0 amide bonds. The number of ether oxygens (including phenoxy) is 1. The van der Waals surface area contributed by atoms with E-state index in [1.807, 2.05) is 13.8 Å². The zero-order valence-corrected chi connectivity index (χ0v) is 8.73. The molecule has 2 nitrogen and oxygen atoms in total. The molecule has 0 unspecified atom stereocenters. The van der Waals surface area contributed by atoms with Crippen LogP contribution < -0.4 is 0 Å². The largest absolute Gasteiger partial charge is 0.463 e. The Morgan fingerprint density at radius 2 is 2.00 bits per heavy atom. The van der Waals surface area contributed by atoms with E-state index >= 15 is 0 Å². The molecule has 0 atom stereocenters. The van der Waals surface area contributed by atoms with Crippen molar-refractivity contribution in [1.29, 1.82) is 0 Å².